The number of carbonyl (C=O) groups is 1. The first-order valence-corrected chi connectivity index (χ1v) is 7.30. The molecule has 0 aliphatic rings. The fourth-order valence-corrected chi connectivity index (χ4v) is 1.97. The maximum Gasteiger partial charge on any atom is 0.251 e. The molecule has 0 unspecified atom stereocenters. The predicted octanol–water partition coefficient (Wildman–Crippen LogP) is 1.28. The van der Waals surface area contributed by atoms with Gasteiger partial charge in [-0.2, -0.15) is 0 Å². The monoisotopic (exact) mass is 332 g/mol. The molecule has 5 nitrogen and oxygen atoms in total. The molecule has 0 bridgehead atoms. The van der Waals surface area contributed by atoms with Crippen molar-refractivity contribution in [2.45, 2.75) is 11.8 Å². The van der Waals surface area contributed by atoms with Gasteiger partial charge in [0.25, 0.3) is 5.91 Å². The van der Waals surface area contributed by atoms with Crippen molar-refractivity contribution in [3.63, 3.8) is 0 Å². The van der Waals surface area contributed by atoms with Crippen molar-refractivity contribution in [1.82, 2.24) is 5.32 Å². The molecular weight excluding hydrogens is 320 g/mol. The maximum absolute atomic E-state index is 11.8. The molecule has 1 rings (SSSR count). The van der Waals surface area contributed by atoms with Crippen LogP contribution in [0.2, 0.25) is 0 Å². The molecule has 0 aliphatic heterocycles. The van der Waals surface area contributed by atoms with Gasteiger partial charge >= 0.3 is 0 Å². The van der Waals surface area contributed by atoms with Crippen LogP contribution in [-0.4, -0.2) is 20.9 Å². The third-order valence-corrected chi connectivity index (χ3v) is 3.41. The van der Waals surface area contributed by atoms with Crippen molar-refractivity contribution in [1.29, 1.82) is 0 Å². The zero-order chi connectivity index (χ0) is 13.9. The van der Waals surface area contributed by atoms with E-state index in [0.717, 1.165) is 0 Å². The first kappa shape index (κ1) is 14.9. The maximum atomic E-state index is 11.8. The number of benzene rings is 1. The number of sulfonamides is 1. The number of aryl methyl sites for hydroxylation is 1. The van der Waals surface area contributed by atoms with Crippen LogP contribution in [0.4, 0.5) is 0 Å². The average molecular weight is 333 g/mol. The number of hydrogen-bond acceptors (Lipinski definition) is 3. The summed E-state index contributed by atoms with van der Waals surface area (Å²) in [6.45, 7) is 5.56. The standard InChI is InChI=1S/C11H13BrN2O3S/c1-7-3-4-9(18(13,16)17)5-10(7)11(15)14-6-8(2)12/h3-5H,2,6H2,1H3,(H,14,15)(H2,13,16,17). The van der Waals surface area contributed by atoms with E-state index >= 15 is 0 Å². The molecule has 7 heteroatoms. The minimum atomic E-state index is -3.81. The molecular formula is C11H13BrN2O3S. The Morgan fingerprint density at radius 3 is 2.61 bits per heavy atom. The summed E-state index contributed by atoms with van der Waals surface area (Å²) >= 11 is 3.12. The van der Waals surface area contributed by atoms with E-state index in [2.05, 4.69) is 27.8 Å². The SMILES string of the molecule is C=C(Br)CNC(=O)c1cc(S(N)(=O)=O)ccc1C. The Kier molecular flexibility index (Phi) is 4.66. The van der Waals surface area contributed by atoms with Gasteiger partial charge < -0.3 is 5.32 Å². The Labute approximate surface area is 114 Å². The van der Waals surface area contributed by atoms with Gasteiger partial charge in [-0.1, -0.05) is 28.6 Å². The van der Waals surface area contributed by atoms with E-state index in [1.807, 2.05) is 0 Å². The van der Waals surface area contributed by atoms with Crippen LogP contribution in [0, 0.1) is 6.92 Å². The first-order valence-electron chi connectivity index (χ1n) is 4.96. The fourth-order valence-electron chi connectivity index (χ4n) is 1.29. The molecule has 1 amide bonds. The van der Waals surface area contributed by atoms with Crippen molar-refractivity contribution in [3.05, 3.63) is 40.4 Å². The molecule has 0 aromatic heterocycles. The Morgan fingerprint density at radius 1 is 1.50 bits per heavy atom. The fraction of sp³-hybridized carbons (Fsp3) is 0.182. The van der Waals surface area contributed by atoms with Crippen molar-refractivity contribution in [2.75, 3.05) is 6.54 Å². The quantitative estimate of drug-likeness (QED) is 0.870. The van der Waals surface area contributed by atoms with Gasteiger partial charge in [0.05, 0.1) is 4.90 Å². The summed E-state index contributed by atoms with van der Waals surface area (Å²) in [6, 6.07) is 4.17. The molecule has 3 N–H and O–H groups in total. The van der Waals surface area contributed by atoms with E-state index in [9.17, 15) is 13.2 Å². The lowest BCUT2D eigenvalue weighted by Gasteiger charge is -2.08. The zero-order valence-electron chi connectivity index (χ0n) is 9.73. The van der Waals surface area contributed by atoms with Crippen LogP contribution in [0.3, 0.4) is 0 Å². The van der Waals surface area contributed by atoms with Crippen molar-refractivity contribution in [3.8, 4) is 0 Å². The Morgan fingerprint density at radius 2 is 2.11 bits per heavy atom. The van der Waals surface area contributed by atoms with Gasteiger partial charge in [0.2, 0.25) is 10.0 Å². The molecule has 0 heterocycles. The highest BCUT2D eigenvalue weighted by Gasteiger charge is 2.14. The van der Waals surface area contributed by atoms with Crippen molar-refractivity contribution >= 4 is 31.9 Å². The van der Waals surface area contributed by atoms with E-state index in [1.54, 1.807) is 6.92 Å². The van der Waals surface area contributed by atoms with Crippen LogP contribution in [-0.2, 0) is 10.0 Å². The minimum Gasteiger partial charge on any atom is -0.347 e. The summed E-state index contributed by atoms with van der Waals surface area (Å²) < 4.78 is 23.0. The molecule has 0 radical (unpaired) electrons. The highest BCUT2D eigenvalue weighted by Crippen LogP contribution is 2.14. The van der Waals surface area contributed by atoms with E-state index in [4.69, 9.17) is 5.14 Å². The number of primary sulfonamides is 1. The summed E-state index contributed by atoms with van der Waals surface area (Å²) in [5.41, 5.74) is 0.940. The molecule has 0 saturated heterocycles. The second kappa shape index (κ2) is 5.64. The van der Waals surface area contributed by atoms with Gasteiger partial charge in [0, 0.05) is 16.6 Å². The van der Waals surface area contributed by atoms with Gasteiger partial charge in [-0.25, -0.2) is 13.6 Å². The van der Waals surface area contributed by atoms with Crippen molar-refractivity contribution < 1.29 is 13.2 Å². The first-order chi connectivity index (χ1) is 8.21. The molecule has 1 aromatic carbocycles. The summed E-state index contributed by atoms with van der Waals surface area (Å²) in [4.78, 5) is 11.8. The number of carbonyl (C=O) groups excluding carboxylic acids is 1. The number of halogens is 1. The van der Waals surface area contributed by atoms with Crippen LogP contribution in [0.15, 0.2) is 34.2 Å². The summed E-state index contributed by atoms with van der Waals surface area (Å²) in [5.74, 6) is -0.376. The Hall–Kier alpha value is -1.18. The number of nitrogens with two attached hydrogens (primary N) is 1. The number of hydrogen-bond donors (Lipinski definition) is 2. The second-order valence-electron chi connectivity index (χ2n) is 3.72. The van der Waals surface area contributed by atoms with E-state index < -0.39 is 10.0 Å². The predicted molar refractivity (Wildman–Crippen MR) is 73.0 cm³/mol. The van der Waals surface area contributed by atoms with E-state index in [-0.39, 0.29) is 22.9 Å². The van der Waals surface area contributed by atoms with Crippen LogP contribution in [0.5, 0.6) is 0 Å². The lowest BCUT2D eigenvalue weighted by Crippen LogP contribution is -2.25. The molecule has 0 spiro atoms. The Bertz CT molecular complexity index is 596. The third kappa shape index (κ3) is 3.94. The van der Waals surface area contributed by atoms with Crippen molar-refractivity contribution in [2.24, 2.45) is 5.14 Å². The van der Waals surface area contributed by atoms with Crippen LogP contribution >= 0.6 is 15.9 Å². The highest BCUT2D eigenvalue weighted by atomic mass is 79.9. The molecule has 0 atom stereocenters. The molecule has 0 fully saturated rings. The zero-order valence-corrected chi connectivity index (χ0v) is 12.1. The van der Waals surface area contributed by atoms with Gasteiger partial charge in [-0.05, 0) is 24.6 Å². The lowest BCUT2D eigenvalue weighted by atomic mass is 10.1. The topological polar surface area (TPSA) is 89.3 Å². The van der Waals surface area contributed by atoms with Gasteiger partial charge in [0.15, 0.2) is 0 Å². The number of rotatable bonds is 4. The number of amides is 1. The molecule has 0 aliphatic carbocycles. The molecule has 98 valence electrons. The van der Waals surface area contributed by atoms with Gasteiger partial charge in [-0.3, -0.25) is 4.79 Å². The van der Waals surface area contributed by atoms with Crippen LogP contribution in [0.1, 0.15) is 15.9 Å². The smallest absolute Gasteiger partial charge is 0.251 e. The van der Waals surface area contributed by atoms with Gasteiger partial charge in [-0.15, -0.1) is 0 Å². The Balaban J connectivity index is 3.08. The molecule has 0 saturated carbocycles. The summed E-state index contributed by atoms with van der Waals surface area (Å²) in [7, 11) is -3.81. The van der Waals surface area contributed by atoms with Gasteiger partial charge in [0.1, 0.15) is 0 Å². The lowest BCUT2D eigenvalue weighted by molar-refractivity contribution is 0.0957. The molecule has 1 aromatic rings. The highest BCUT2D eigenvalue weighted by molar-refractivity contribution is 9.11. The third-order valence-electron chi connectivity index (χ3n) is 2.22. The van der Waals surface area contributed by atoms with E-state index in [1.165, 1.54) is 18.2 Å². The largest absolute Gasteiger partial charge is 0.347 e. The van der Waals surface area contributed by atoms with Crippen LogP contribution < -0.4 is 10.5 Å². The summed E-state index contributed by atoms with van der Waals surface area (Å²) in [5, 5.41) is 7.61. The second-order valence-corrected chi connectivity index (χ2v) is 6.40. The van der Waals surface area contributed by atoms with E-state index in [0.29, 0.717) is 10.0 Å². The minimum absolute atomic E-state index is 0.0871. The van der Waals surface area contributed by atoms with Crippen LogP contribution in [0.25, 0.3) is 0 Å². The summed E-state index contributed by atoms with van der Waals surface area (Å²) in [6.07, 6.45) is 0. The number of nitrogens with one attached hydrogen (secondary N) is 1. The molecule has 18 heavy (non-hydrogen) atoms. The normalized spacial score (nSPS) is 11.1. The average Bonchev–Trinajstić information content (AvgIpc) is 2.24.